The number of rotatable bonds is 5. The van der Waals surface area contributed by atoms with Crippen LogP contribution in [0.25, 0.3) is 11.4 Å². The maximum absolute atomic E-state index is 5.30. The quantitative estimate of drug-likeness (QED) is 0.719. The highest BCUT2D eigenvalue weighted by atomic mass is 16.5. The van der Waals surface area contributed by atoms with Crippen molar-refractivity contribution < 1.29 is 14.0 Å². The fourth-order valence-corrected chi connectivity index (χ4v) is 2.13. The Morgan fingerprint density at radius 1 is 1.18 bits per heavy atom. The molecule has 22 heavy (non-hydrogen) atoms. The van der Waals surface area contributed by atoms with Gasteiger partial charge in [0.05, 0.1) is 14.2 Å². The van der Waals surface area contributed by atoms with Gasteiger partial charge in [0.1, 0.15) is 12.4 Å². The van der Waals surface area contributed by atoms with Crippen molar-refractivity contribution in [3.05, 3.63) is 42.3 Å². The van der Waals surface area contributed by atoms with Crippen LogP contribution in [0.15, 0.2) is 35.1 Å². The Bertz CT molecular complexity index is 779. The minimum absolute atomic E-state index is 0.492. The number of methoxy groups -OCH3 is 2. The van der Waals surface area contributed by atoms with Crippen molar-refractivity contribution in [1.82, 2.24) is 19.7 Å². The first-order valence-electron chi connectivity index (χ1n) is 6.74. The van der Waals surface area contributed by atoms with E-state index < -0.39 is 0 Å². The molecule has 7 nitrogen and oxygen atoms in total. The van der Waals surface area contributed by atoms with Gasteiger partial charge in [-0.1, -0.05) is 5.16 Å². The normalized spacial score (nSPS) is 10.7. The summed E-state index contributed by atoms with van der Waals surface area (Å²) in [6, 6.07) is 5.48. The van der Waals surface area contributed by atoms with Crippen molar-refractivity contribution in [3.8, 4) is 22.9 Å². The van der Waals surface area contributed by atoms with Gasteiger partial charge in [-0.05, 0) is 25.1 Å². The van der Waals surface area contributed by atoms with E-state index >= 15 is 0 Å². The van der Waals surface area contributed by atoms with E-state index in [9.17, 15) is 0 Å². The van der Waals surface area contributed by atoms with Crippen molar-refractivity contribution in [2.24, 2.45) is 0 Å². The fraction of sp³-hybridized carbons (Fsp3) is 0.267. The Balaban J connectivity index is 1.86. The molecule has 0 spiro atoms. The summed E-state index contributed by atoms with van der Waals surface area (Å²) in [5.41, 5.74) is 0.801. The SMILES string of the molecule is COc1ccc(-c2noc(Cn3ccnc3C)n2)cc1OC. The average molecular weight is 300 g/mol. The number of hydrogen-bond donors (Lipinski definition) is 0. The van der Waals surface area contributed by atoms with Crippen molar-refractivity contribution in [2.45, 2.75) is 13.5 Å². The van der Waals surface area contributed by atoms with Gasteiger partial charge in [-0.15, -0.1) is 0 Å². The van der Waals surface area contributed by atoms with Crippen LogP contribution in [0, 0.1) is 6.92 Å². The number of imidazole rings is 1. The molecule has 0 aliphatic carbocycles. The predicted octanol–water partition coefficient (Wildman–Crippen LogP) is 2.31. The van der Waals surface area contributed by atoms with Gasteiger partial charge >= 0.3 is 0 Å². The zero-order chi connectivity index (χ0) is 15.5. The lowest BCUT2D eigenvalue weighted by Gasteiger charge is -2.07. The molecule has 0 unspecified atom stereocenters. The molecule has 3 aromatic rings. The first-order chi connectivity index (χ1) is 10.7. The summed E-state index contributed by atoms with van der Waals surface area (Å²) in [5, 5.41) is 4.01. The van der Waals surface area contributed by atoms with Gasteiger partial charge in [-0.25, -0.2) is 4.98 Å². The molecule has 0 bridgehead atoms. The molecule has 2 heterocycles. The number of hydrogen-bond acceptors (Lipinski definition) is 6. The minimum atomic E-state index is 0.492. The van der Waals surface area contributed by atoms with Crippen molar-refractivity contribution >= 4 is 0 Å². The van der Waals surface area contributed by atoms with E-state index in [1.807, 2.05) is 35.9 Å². The van der Waals surface area contributed by atoms with Gasteiger partial charge in [0.2, 0.25) is 11.7 Å². The monoisotopic (exact) mass is 300 g/mol. The Morgan fingerprint density at radius 2 is 2.00 bits per heavy atom. The van der Waals surface area contributed by atoms with E-state index in [-0.39, 0.29) is 0 Å². The van der Waals surface area contributed by atoms with Crippen LogP contribution in [0.4, 0.5) is 0 Å². The lowest BCUT2D eigenvalue weighted by atomic mass is 10.2. The zero-order valence-electron chi connectivity index (χ0n) is 12.6. The Labute approximate surface area is 127 Å². The van der Waals surface area contributed by atoms with Crippen molar-refractivity contribution in [3.63, 3.8) is 0 Å². The number of ether oxygens (including phenoxy) is 2. The van der Waals surface area contributed by atoms with Gasteiger partial charge in [-0.2, -0.15) is 4.98 Å². The van der Waals surface area contributed by atoms with Crippen LogP contribution >= 0.6 is 0 Å². The summed E-state index contributed by atoms with van der Waals surface area (Å²) in [5.74, 6) is 3.20. The smallest absolute Gasteiger partial charge is 0.246 e. The molecule has 114 valence electrons. The van der Waals surface area contributed by atoms with Crippen LogP contribution in [0.1, 0.15) is 11.7 Å². The molecule has 0 fully saturated rings. The molecular weight excluding hydrogens is 284 g/mol. The third-order valence-corrected chi connectivity index (χ3v) is 3.34. The molecule has 0 aliphatic rings. The molecule has 0 N–H and O–H groups in total. The number of aromatic nitrogens is 4. The second-order valence-electron chi connectivity index (χ2n) is 4.68. The maximum Gasteiger partial charge on any atom is 0.246 e. The van der Waals surface area contributed by atoms with Crippen molar-refractivity contribution in [1.29, 1.82) is 0 Å². The maximum atomic E-state index is 5.30. The Hall–Kier alpha value is -2.83. The molecule has 0 atom stereocenters. The van der Waals surface area contributed by atoms with Crippen LogP contribution < -0.4 is 9.47 Å². The van der Waals surface area contributed by atoms with E-state index in [1.54, 1.807) is 20.4 Å². The van der Waals surface area contributed by atoms with Crippen LogP contribution in [0.2, 0.25) is 0 Å². The Kier molecular flexibility index (Phi) is 3.78. The molecule has 0 radical (unpaired) electrons. The highest BCUT2D eigenvalue weighted by Gasteiger charge is 2.12. The third kappa shape index (κ3) is 2.65. The number of nitrogens with zero attached hydrogens (tertiary/aromatic N) is 4. The van der Waals surface area contributed by atoms with Gasteiger partial charge in [-0.3, -0.25) is 0 Å². The minimum Gasteiger partial charge on any atom is -0.493 e. The molecule has 7 heteroatoms. The molecule has 0 aliphatic heterocycles. The van der Waals surface area contributed by atoms with Crippen LogP contribution in [-0.4, -0.2) is 33.9 Å². The topological polar surface area (TPSA) is 75.2 Å². The van der Waals surface area contributed by atoms with E-state index in [0.29, 0.717) is 29.8 Å². The largest absolute Gasteiger partial charge is 0.493 e. The highest BCUT2D eigenvalue weighted by molar-refractivity contribution is 5.60. The molecule has 1 aromatic carbocycles. The van der Waals surface area contributed by atoms with Crippen molar-refractivity contribution in [2.75, 3.05) is 14.2 Å². The molecule has 2 aromatic heterocycles. The summed E-state index contributed by atoms with van der Waals surface area (Å²) in [6.07, 6.45) is 3.61. The summed E-state index contributed by atoms with van der Waals surface area (Å²) >= 11 is 0. The van der Waals surface area contributed by atoms with Crippen LogP contribution in [0.3, 0.4) is 0 Å². The Morgan fingerprint density at radius 3 is 2.68 bits per heavy atom. The lowest BCUT2D eigenvalue weighted by molar-refractivity contribution is 0.355. The number of aryl methyl sites for hydroxylation is 1. The molecule has 0 saturated heterocycles. The van der Waals surface area contributed by atoms with E-state index in [2.05, 4.69) is 15.1 Å². The summed E-state index contributed by atoms with van der Waals surface area (Å²) < 4.78 is 17.7. The summed E-state index contributed by atoms with van der Waals surface area (Å²) in [7, 11) is 3.18. The zero-order valence-corrected chi connectivity index (χ0v) is 12.6. The first kappa shape index (κ1) is 14.1. The van der Waals surface area contributed by atoms with E-state index in [1.165, 1.54) is 0 Å². The van der Waals surface area contributed by atoms with E-state index in [4.69, 9.17) is 14.0 Å². The second-order valence-corrected chi connectivity index (χ2v) is 4.68. The van der Waals surface area contributed by atoms with Crippen LogP contribution in [-0.2, 0) is 6.54 Å². The lowest BCUT2D eigenvalue weighted by Crippen LogP contribution is -2.00. The average Bonchev–Trinajstić information content (AvgIpc) is 3.17. The summed E-state index contributed by atoms with van der Waals surface area (Å²) in [4.78, 5) is 8.57. The fourth-order valence-electron chi connectivity index (χ4n) is 2.13. The number of benzene rings is 1. The molecule has 3 rings (SSSR count). The molecule has 0 saturated carbocycles. The van der Waals surface area contributed by atoms with Gasteiger partial charge in [0.25, 0.3) is 0 Å². The van der Waals surface area contributed by atoms with Gasteiger partial charge < -0.3 is 18.6 Å². The highest BCUT2D eigenvalue weighted by Crippen LogP contribution is 2.31. The first-order valence-corrected chi connectivity index (χ1v) is 6.74. The predicted molar refractivity (Wildman–Crippen MR) is 78.9 cm³/mol. The van der Waals surface area contributed by atoms with Gasteiger partial charge in [0.15, 0.2) is 11.5 Å². The third-order valence-electron chi connectivity index (χ3n) is 3.34. The summed E-state index contributed by atoms with van der Waals surface area (Å²) in [6.45, 7) is 2.41. The van der Waals surface area contributed by atoms with Gasteiger partial charge in [0, 0.05) is 18.0 Å². The van der Waals surface area contributed by atoms with E-state index in [0.717, 1.165) is 11.4 Å². The second kappa shape index (κ2) is 5.88. The molecular formula is C15H16N4O3. The standard InChI is InChI=1S/C15H16N4O3/c1-10-16-6-7-19(10)9-14-17-15(18-22-14)11-4-5-12(20-2)13(8-11)21-3/h4-8H,9H2,1-3H3. The molecule has 0 amide bonds. The van der Waals surface area contributed by atoms with Crippen LogP contribution in [0.5, 0.6) is 11.5 Å².